The fourth-order valence-electron chi connectivity index (χ4n) is 2.88. The lowest BCUT2D eigenvalue weighted by Gasteiger charge is -2.12. The molecule has 4 aromatic rings. The van der Waals surface area contributed by atoms with E-state index in [1.807, 2.05) is 31.4 Å². The molecule has 0 spiro atoms. The summed E-state index contributed by atoms with van der Waals surface area (Å²) in [5.41, 5.74) is 1.57. The Kier molecular flexibility index (Phi) is 4.61. The number of aryl methyl sites for hydroxylation is 2. The molecule has 0 saturated heterocycles. The molecule has 8 heteroatoms. The number of nitrogens with zero attached hydrogens (tertiary/aromatic N) is 3. The van der Waals surface area contributed by atoms with Crippen molar-refractivity contribution in [2.45, 2.75) is 31.2 Å². The van der Waals surface area contributed by atoms with Crippen molar-refractivity contribution in [1.29, 1.82) is 0 Å². The van der Waals surface area contributed by atoms with Crippen LogP contribution in [0.2, 0.25) is 0 Å². The number of rotatable bonds is 4. The maximum absolute atomic E-state index is 13.6. The van der Waals surface area contributed by atoms with Crippen LogP contribution in [-0.4, -0.2) is 19.5 Å². The number of H-pyrrole nitrogens is 1. The largest absolute Gasteiger partial charge is 0.309 e. The summed E-state index contributed by atoms with van der Waals surface area (Å²) in [6.45, 7) is 5.90. The van der Waals surface area contributed by atoms with Gasteiger partial charge in [0.15, 0.2) is 5.16 Å². The van der Waals surface area contributed by atoms with Gasteiger partial charge in [-0.15, -0.1) is 11.3 Å². The van der Waals surface area contributed by atoms with Crippen molar-refractivity contribution in [1.82, 2.24) is 19.5 Å². The van der Waals surface area contributed by atoms with Crippen LogP contribution in [-0.2, 0) is 0 Å². The molecule has 0 unspecified atom stereocenters. The van der Waals surface area contributed by atoms with E-state index in [0.29, 0.717) is 22.1 Å². The minimum Gasteiger partial charge on any atom is -0.309 e. The molecular formula is C19H17FN4OS2. The second-order valence-corrected chi connectivity index (χ2v) is 8.75. The summed E-state index contributed by atoms with van der Waals surface area (Å²) < 4.78 is 15.4. The highest BCUT2D eigenvalue weighted by Gasteiger charge is 2.18. The van der Waals surface area contributed by atoms with Gasteiger partial charge in [-0.3, -0.25) is 9.36 Å². The Morgan fingerprint density at radius 2 is 2.15 bits per heavy atom. The first-order valence-corrected chi connectivity index (χ1v) is 10.1. The topological polar surface area (TPSA) is 63.6 Å². The summed E-state index contributed by atoms with van der Waals surface area (Å²) in [6, 6.07) is 6.35. The summed E-state index contributed by atoms with van der Waals surface area (Å²) in [7, 11) is 0. The number of nitrogens with one attached hydrogen (secondary N) is 1. The van der Waals surface area contributed by atoms with Crippen molar-refractivity contribution in [2.24, 2.45) is 0 Å². The van der Waals surface area contributed by atoms with Gasteiger partial charge in [-0.05, 0) is 44.5 Å². The molecule has 0 saturated carbocycles. The molecule has 0 bridgehead atoms. The van der Waals surface area contributed by atoms with Gasteiger partial charge >= 0.3 is 0 Å². The van der Waals surface area contributed by atoms with Gasteiger partial charge in [0.2, 0.25) is 0 Å². The van der Waals surface area contributed by atoms with E-state index in [-0.39, 0.29) is 16.6 Å². The summed E-state index contributed by atoms with van der Waals surface area (Å²) in [5, 5.41) is 1.24. The SMILES string of the molecule is Cc1sc2nc([C@H](C)Sc3nccn3-c3cccc(F)c3)[nH]c(=O)c2c1C. The normalized spacial score (nSPS) is 12.6. The van der Waals surface area contributed by atoms with E-state index in [9.17, 15) is 9.18 Å². The van der Waals surface area contributed by atoms with Crippen molar-refractivity contribution < 1.29 is 4.39 Å². The van der Waals surface area contributed by atoms with Crippen LogP contribution in [0.15, 0.2) is 46.6 Å². The van der Waals surface area contributed by atoms with E-state index < -0.39 is 0 Å². The van der Waals surface area contributed by atoms with Crippen LogP contribution in [0.3, 0.4) is 0 Å². The average Bonchev–Trinajstić information content (AvgIpc) is 3.19. The summed E-state index contributed by atoms with van der Waals surface area (Å²) >= 11 is 2.99. The number of hydrogen-bond donors (Lipinski definition) is 1. The maximum Gasteiger partial charge on any atom is 0.259 e. The van der Waals surface area contributed by atoms with Gasteiger partial charge in [0, 0.05) is 17.3 Å². The highest BCUT2D eigenvalue weighted by molar-refractivity contribution is 7.99. The molecular weight excluding hydrogens is 383 g/mol. The second-order valence-electron chi connectivity index (χ2n) is 6.23. The molecule has 0 radical (unpaired) electrons. The van der Waals surface area contributed by atoms with Crippen LogP contribution in [0.25, 0.3) is 15.9 Å². The zero-order valence-electron chi connectivity index (χ0n) is 15.0. The average molecular weight is 401 g/mol. The van der Waals surface area contributed by atoms with Crippen molar-refractivity contribution in [3.8, 4) is 5.69 Å². The Morgan fingerprint density at radius 3 is 2.93 bits per heavy atom. The van der Waals surface area contributed by atoms with Crippen LogP contribution < -0.4 is 5.56 Å². The minimum absolute atomic E-state index is 0.113. The van der Waals surface area contributed by atoms with Crippen molar-refractivity contribution in [3.63, 3.8) is 0 Å². The Morgan fingerprint density at radius 1 is 1.33 bits per heavy atom. The minimum atomic E-state index is -0.301. The van der Waals surface area contributed by atoms with Crippen LogP contribution in [0.4, 0.5) is 4.39 Å². The molecule has 138 valence electrons. The first kappa shape index (κ1) is 17.9. The standard InChI is InChI=1S/C19H17FN4OS2/c1-10-11(2)26-18-15(10)17(25)22-16(23-18)12(3)27-19-21-7-8-24(19)14-6-4-5-13(20)9-14/h4-9,12H,1-3H3,(H,22,23,25)/t12-/m0/s1. The Balaban J connectivity index is 1.68. The monoisotopic (exact) mass is 400 g/mol. The van der Waals surface area contributed by atoms with Gasteiger partial charge in [0.25, 0.3) is 5.56 Å². The van der Waals surface area contributed by atoms with Gasteiger partial charge in [-0.25, -0.2) is 14.4 Å². The number of imidazole rings is 1. The van der Waals surface area contributed by atoms with E-state index in [1.165, 1.54) is 35.2 Å². The molecule has 1 atom stereocenters. The van der Waals surface area contributed by atoms with Crippen molar-refractivity contribution >= 4 is 33.3 Å². The zero-order valence-corrected chi connectivity index (χ0v) is 16.6. The Hall–Kier alpha value is -2.45. The quantitative estimate of drug-likeness (QED) is 0.501. The first-order chi connectivity index (χ1) is 12.9. The highest BCUT2D eigenvalue weighted by atomic mass is 32.2. The number of hydrogen-bond acceptors (Lipinski definition) is 5. The van der Waals surface area contributed by atoms with Crippen LogP contribution >= 0.6 is 23.1 Å². The predicted octanol–water partition coefficient (Wildman–Crippen LogP) is 4.78. The molecule has 0 amide bonds. The van der Waals surface area contributed by atoms with E-state index >= 15 is 0 Å². The number of fused-ring (bicyclic) bond motifs is 1. The zero-order chi connectivity index (χ0) is 19.1. The van der Waals surface area contributed by atoms with Gasteiger partial charge in [0.05, 0.1) is 16.3 Å². The number of aromatic nitrogens is 4. The molecule has 1 N–H and O–H groups in total. The van der Waals surface area contributed by atoms with Crippen LogP contribution in [0, 0.1) is 19.7 Å². The highest BCUT2D eigenvalue weighted by Crippen LogP contribution is 2.34. The first-order valence-electron chi connectivity index (χ1n) is 8.40. The molecule has 0 fully saturated rings. The number of benzene rings is 1. The van der Waals surface area contributed by atoms with Gasteiger partial charge in [0.1, 0.15) is 16.5 Å². The van der Waals surface area contributed by atoms with E-state index in [0.717, 1.165) is 15.3 Å². The van der Waals surface area contributed by atoms with Gasteiger partial charge in [-0.1, -0.05) is 17.8 Å². The van der Waals surface area contributed by atoms with Gasteiger partial charge < -0.3 is 4.98 Å². The molecule has 27 heavy (non-hydrogen) atoms. The molecule has 0 aliphatic rings. The summed E-state index contributed by atoms with van der Waals surface area (Å²) in [6.07, 6.45) is 3.46. The number of thioether (sulfide) groups is 1. The van der Waals surface area contributed by atoms with Gasteiger partial charge in [-0.2, -0.15) is 0 Å². The van der Waals surface area contributed by atoms with E-state index in [4.69, 9.17) is 0 Å². The number of halogens is 1. The molecule has 0 aliphatic heterocycles. The molecule has 3 heterocycles. The molecule has 1 aromatic carbocycles. The summed E-state index contributed by atoms with van der Waals surface area (Å²) in [4.78, 5) is 26.3. The third-order valence-electron chi connectivity index (χ3n) is 4.42. The lowest BCUT2D eigenvalue weighted by atomic mass is 10.2. The Labute approximate surface area is 163 Å². The molecule has 5 nitrogen and oxygen atoms in total. The molecule has 3 aromatic heterocycles. The number of aromatic amines is 1. The lowest BCUT2D eigenvalue weighted by Crippen LogP contribution is -2.12. The van der Waals surface area contributed by atoms with Crippen LogP contribution in [0.5, 0.6) is 0 Å². The fraction of sp³-hybridized carbons (Fsp3) is 0.211. The van der Waals surface area contributed by atoms with E-state index in [1.54, 1.807) is 18.5 Å². The van der Waals surface area contributed by atoms with Crippen LogP contribution in [0.1, 0.15) is 28.4 Å². The van der Waals surface area contributed by atoms with Crippen molar-refractivity contribution in [2.75, 3.05) is 0 Å². The molecule has 4 rings (SSSR count). The maximum atomic E-state index is 13.6. The second kappa shape index (κ2) is 6.94. The predicted molar refractivity (Wildman–Crippen MR) is 108 cm³/mol. The molecule has 0 aliphatic carbocycles. The third-order valence-corrected chi connectivity index (χ3v) is 6.61. The smallest absolute Gasteiger partial charge is 0.259 e. The Bertz CT molecular complexity index is 1190. The van der Waals surface area contributed by atoms with E-state index in [2.05, 4.69) is 15.0 Å². The fourth-order valence-corrected chi connectivity index (χ4v) is 4.86. The summed E-state index contributed by atoms with van der Waals surface area (Å²) in [5.74, 6) is 0.303. The number of thiophene rings is 1. The lowest BCUT2D eigenvalue weighted by molar-refractivity contribution is 0.626. The van der Waals surface area contributed by atoms with Crippen molar-refractivity contribution in [3.05, 3.63) is 69.1 Å². The third kappa shape index (κ3) is 3.30.